The van der Waals surface area contributed by atoms with Gasteiger partial charge in [-0.2, -0.15) is 0 Å². The van der Waals surface area contributed by atoms with Gasteiger partial charge in [-0.15, -0.1) is 0 Å². The Morgan fingerprint density at radius 3 is 2.72 bits per heavy atom. The number of ether oxygens (including phenoxy) is 1. The molecule has 5 rings (SSSR count). The van der Waals surface area contributed by atoms with Crippen LogP contribution in [-0.2, 0) is 14.3 Å². The maximum atomic E-state index is 15.2. The fourth-order valence-electron chi connectivity index (χ4n) is 5.21. The Bertz CT molecular complexity index is 1410. The molecule has 0 unspecified atom stereocenters. The summed E-state index contributed by atoms with van der Waals surface area (Å²) in [4.78, 5) is 44.5. The fraction of sp³-hybridized carbons (Fsp3) is 0.345. The maximum Gasteiger partial charge on any atom is 0.414 e. The summed E-state index contributed by atoms with van der Waals surface area (Å²) < 4.78 is 20.5. The number of nitrogens with one attached hydrogen (secondary N) is 2. The van der Waals surface area contributed by atoms with Gasteiger partial charge in [-0.05, 0) is 48.7 Å². The standard InChI is InChI=1S/C29H32FN5O4/c1-19(36)31-17-23-18-35(29(38)39-23)22-8-9-27(25(30)15-22)33(2)21-11-13-34(14-12-21)28(37)10-7-20-16-32-26-6-4-3-5-24(20)26/h3-10,15-16,21,23,32H,11-14,17-18H2,1-2H3,(H,31,36)/b10-7+/t23-/m0/s1. The van der Waals surface area contributed by atoms with Crippen molar-refractivity contribution in [3.05, 3.63) is 66.1 Å². The molecular weight excluding hydrogens is 501 g/mol. The second kappa shape index (κ2) is 11.2. The molecule has 1 aromatic heterocycles. The van der Waals surface area contributed by atoms with E-state index in [9.17, 15) is 14.4 Å². The maximum absolute atomic E-state index is 15.2. The normalized spacial score (nSPS) is 18.1. The van der Waals surface area contributed by atoms with E-state index in [-0.39, 0.29) is 30.9 Å². The quantitative estimate of drug-likeness (QED) is 0.449. The summed E-state index contributed by atoms with van der Waals surface area (Å²) in [6, 6.07) is 12.7. The molecule has 0 saturated carbocycles. The summed E-state index contributed by atoms with van der Waals surface area (Å²) in [5.41, 5.74) is 2.84. The van der Waals surface area contributed by atoms with Crippen molar-refractivity contribution in [3.8, 4) is 0 Å². The minimum absolute atomic E-state index is 0.0359. The Hall–Kier alpha value is -4.34. The van der Waals surface area contributed by atoms with Crippen LogP contribution in [0.1, 0.15) is 25.3 Å². The zero-order valence-electron chi connectivity index (χ0n) is 22.0. The molecule has 2 aromatic carbocycles. The molecule has 3 aromatic rings. The number of hydrogen-bond donors (Lipinski definition) is 2. The predicted octanol–water partition coefficient (Wildman–Crippen LogP) is 3.91. The van der Waals surface area contributed by atoms with E-state index in [4.69, 9.17) is 4.74 Å². The number of carbonyl (C=O) groups is 3. The number of benzene rings is 2. The van der Waals surface area contributed by atoms with Crippen LogP contribution in [0.25, 0.3) is 17.0 Å². The first kappa shape index (κ1) is 26.3. The lowest BCUT2D eigenvalue weighted by Crippen LogP contribution is -2.45. The largest absolute Gasteiger partial charge is 0.442 e. The Labute approximate surface area is 226 Å². The van der Waals surface area contributed by atoms with Gasteiger partial charge in [-0.25, -0.2) is 9.18 Å². The Kier molecular flexibility index (Phi) is 7.53. The molecule has 2 saturated heterocycles. The molecule has 0 aliphatic carbocycles. The van der Waals surface area contributed by atoms with Gasteiger partial charge in [0.1, 0.15) is 11.9 Å². The third-order valence-electron chi connectivity index (χ3n) is 7.43. The molecule has 3 amide bonds. The van der Waals surface area contributed by atoms with E-state index >= 15 is 4.39 Å². The summed E-state index contributed by atoms with van der Waals surface area (Å²) in [5.74, 6) is -0.681. The van der Waals surface area contributed by atoms with E-state index in [0.717, 1.165) is 16.5 Å². The van der Waals surface area contributed by atoms with Crippen LogP contribution in [0.5, 0.6) is 0 Å². The SMILES string of the molecule is CC(=O)NC[C@H]1CN(c2ccc(N(C)C3CCN(C(=O)/C=C/c4c[nH]c5ccccc45)CC3)c(F)c2)C(=O)O1. The highest BCUT2D eigenvalue weighted by molar-refractivity contribution is 5.96. The number of likely N-dealkylation sites (tertiary alicyclic amines) is 1. The van der Waals surface area contributed by atoms with Crippen molar-refractivity contribution in [1.82, 2.24) is 15.2 Å². The van der Waals surface area contributed by atoms with Gasteiger partial charge in [0, 0.05) is 56.3 Å². The molecule has 0 bridgehead atoms. The van der Waals surface area contributed by atoms with Crippen molar-refractivity contribution in [2.45, 2.75) is 31.9 Å². The van der Waals surface area contributed by atoms with Crippen molar-refractivity contribution in [1.29, 1.82) is 0 Å². The molecule has 0 spiro atoms. The smallest absolute Gasteiger partial charge is 0.414 e. The van der Waals surface area contributed by atoms with E-state index < -0.39 is 18.0 Å². The van der Waals surface area contributed by atoms with Gasteiger partial charge < -0.3 is 24.8 Å². The highest BCUT2D eigenvalue weighted by Gasteiger charge is 2.33. The fourth-order valence-corrected chi connectivity index (χ4v) is 5.21. The summed E-state index contributed by atoms with van der Waals surface area (Å²) in [7, 11) is 1.85. The van der Waals surface area contributed by atoms with Crippen molar-refractivity contribution in [2.24, 2.45) is 0 Å². The predicted molar refractivity (Wildman–Crippen MR) is 148 cm³/mol. The second-order valence-electron chi connectivity index (χ2n) is 9.98. The van der Waals surface area contributed by atoms with Crippen LogP contribution in [0.3, 0.4) is 0 Å². The number of anilines is 2. The lowest BCUT2D eigenvalue weighted by atomic mass is 10.0. The highest BCUT2D eigenvalue weighted by atomic mass is 19.1. The van der Waals surface area contributed by atoms with Crippen molar-refractivity contribution in [2.75, 3.05) is 43.0 Å². The number of aromatic amines is 1. The number of fused-ring (bicyclic) bond motifs is 1. The Balaban J connectivity index is 1.16. The monoisotopic (exact) mass is 533 g/mol. The molecule has 2 N–H and O–H groups in total. The van der Waals surface area contributed by atoms with E-state index in [1.807, 2.05) is 53.4 Å². The number of carbonyl (C=O) groups excluding carboxylic acids is 3. The molecule has 2 aliphatic rings. The number of amides is 3. The van der Waals surface area contributed by atoms with Gasteiger partial charge in [0.25, 0.3) is 0 Å². The minimum Gasteiger partial charge on any atom is -0.442 e. The first-order chi connectivity index (χ1) is 18.8. The van der Waals surface area contributed by atoms with Crippen molar-refractivity contribution in [3.63, 3.8) is 0 Å². The molecular formula is C29H32FN5O4. The Morgan fingerprint density at radius 2 is 1.97 bits per heavy atom. The summed E-state index contributed by atoms with van der Waals surface area (Å²) in [5, 5.41) is 3.70. The number of piperidine rings is 1. The van der Waals surface area contributed by atoms with E-state index in [1.165, 1.54) is 17.9 Å². The van der Waals surface area contributed by atoms with Gasteiger partial charge in [0.2, 0.25) is 11.8 Å². The average Bonchev–Trinajstić information content (AvgIpc) is 3.53. The Morgan fingerprint density at radius 1 is 1.21 bits per heavy atom. The van der Waals surface area contributed by atoms with Crippen molar-refractivity contribution < 1.29 is 23.5 Å². The molecule has 0 radical (unpaired) electrons. The zero-order valence-corrected chi connectivity index (χ0v) is 22.0. The molecule has 2 fully saturated rings. The molecule has 204 valence electrons. The summed E-state index contributed by atoms with van der Waals surface area (Å²) in [6.45, 7) is 3.00. The van der Waals surface area contributed by atoms with E-state index in [0.29, 0.717) is 37.3 Å². The third-order valence-corrected chi connectivity index (χ3v) is 7.43. The number of nitrogens with zero attached hydrogens (tertiary/aromatic N) is 3. The van der Waals surface area contributed by atoms with Gasteiger partial charge >= 0.3 is 6.09 Å². The van der Waals surface area contributed by atoms with E-state index in [1.54, 1.807) is 18.2 Å². The number of H-pyrrole nitrogens is 1. The van der Waals surface area contributed by atoms with Crippen LogP contribution in [0.15, 0.2) is 54.7 Å². The second-order valence-corrected chi connectivity index (χ2v) is 9.98. The topological polar surface area (TPSA) is 98.0 Å². The third kappa shape index (κ3) is 5.74. The molecule has 2 aliphatic heterocycles. The summed E-state index contributed by atoms with van der Waals surface area (Å²) in [6.07, 6.45) is 5.73. The number of cyclic esters (lactones) is 1. The highest BCUT2D eigenvalue weighted by Crippen LogP contribution is 2.30. The van der Waals surface area contributed by atoms with Crippen LogP contribution < -0.4 is 15.1 Å². The first-order valence-corrected chi connectivity index (χ1v) is 13.1. The number of para-hydroxylation sites is 1. The van der Waals surface area contributed by atoms with Gasteiger partial charge in [-0.1, -0.05) is 18.2 Å². The molecule has 10 heteroatoms. The number of aromatic nitrogens is 1. The van der Waals surface area contributed by atoms with Crippen LogP contribution >= 0.6 is 0 Å². The average molecular weight is 534 g/mol. The van der Waals surface area contributed by atoms with Gasteiger partial charge in [0.05, 0.1) is 24.5 Å². The number of hydrogen-bond acceptors (Lipinski definition) is 5. The molecule has 9 nitrogen and oxygen atoms in total. The first-order valence-electron chi connectivity index (χ1n) is 13.1. The molecule has 1 atom stereocenters. The number of halogens is 1. The molecule has 39 heavy (non-hydrogen) atoms. The zero-order chi connectivity index (χ0) is 27.5. The lowest BCUT2D eigenvalue weighted by Gasteiger charge is -2.37. The minimum atomic E-state index is -0.568. The van der Waals surface area contributed by atoms with Crippen LogP contribution in [0.2, 0.25) is 0 Å². The number of rotatable bonds is 7. The van der Waals surface area contributed by atoms with Crippen LogP contribution in [0.4, 0.5) is 20.6 Å². The van der Waals surface area contributed by atoms with Crippen molar-refractivity contribution >= 4 is 46.3 Å². The van der Waals surface area contributed by atoms with Gasteiger partial charge in [0.15, 0.2) is 0 Å². The van der Waals surface area contributed by atoms with Gasteiger partial charge in [-0.3, -0.25) is 14.5 Å². The van der Waals surface area contributed by atoms with Crippen LogP contribution in [0, 0.1) is 5.82 Å². The lowest BCUT2D eigenvalue weighted by molar-refractivity contribution is -0.127. The van der Waals surface area contributed by atoms with Crippen LogP contribution in [-0.4, -0.2) is 73.2 Å². The van der Waals surface area contributed by atoms with E-state index in [2.05, 4.69) is 10.3 Å². The molecule has 3 heterocycles. The summed E-state index contributed by atoms with van der Waals surface area (Å²) >= 11 is 0.